The molecule has 4 nitrogen and oxygen atoms in total. The van der Waals surface area contributed by atoms with Crippen molar-refractivity contribution < 1.29 is 14.6 Å². The average molecular weight is 216 g/mol. The van der Waals surface area contributed by atoms with E-state index in [4.69, 9.17) is 16.7 Å². The highest BCUT2D eigenvalue weighted by molar-refractivity contribution is 6.30. The first-order valence-corrected chi connectivity index (χ1v) is 4.40. The summed E-state index contributed by atoms with van der Waals surface area (Å²) in [7, 11) is 0. The number of aliphatic hydroxyl groups excluding tert-OH is 1. The molecule has 0 fully saturated rings. The van der Waals surface area contributed by atoms with Gasteiger partial charge in [-0.3, -0.25) is 5.32 Å². The molecule has 14 heavy (non-hydrogen) atoms. The topological polar surface area (TPSA) is 58.6 Å². The smallest absolute Gasteiger partial charge is 0.411 e. The van der Waals surface area contributed by atoms with Gasteiger partial charge < -0.3 is 9.84 Å². The molecular formula is C9H10ClNO3. The molecule has 0 bridgehead atoms. The fourth-order valence-electron chi connectivity index (χ4n) is 0.859. The Morgan fingerprint density at radius 2 is 2.36 bits per heavy atom. The number of carbonyl (C=O) groups excluding carboxylic acids is 1. The van der Waals surface area contributed by atoms with Crippen molar-refractivity contribution in [3.05, 3.63) is 29.3 Å². The number of nitrogens with one attached hydrogen (secondary N) is 1. The largest absolute Gasteiger partial charge is 0.447 e. The van der Waals surface area contributed by atoms with Gasteiger partial charge in [0.25, 0.3) is 0 Å². The van der Waals surface area contributed by atoms with Crippen molar-refractivity contribution >= 4 is 23.4 Å². The number of anilines is 1. The maximum atomic E-state index is 11.0. The Morgan fingerprint density at radius 1 is 1.57 bits per heavy atom. The van der Waals surface area contributed by atoms with Gasteiger partial charge in [0.2, 0.25) is 0 Å². The summed E-state index contributed by atoms with van der Waals surface area (Å²) < 4.78 is 4.59. The minimum absolute atomic E-state index is 0.0214. The van der Waals surface area contributed by atoms with Gasteiger partial charge in [-0.05, 0) is 18.2 Å². The lowest BCUT2D eigenvalue weighted by molar-refractivity contribution is 0.131. The summed E-state index contributed by atoms with van der Waals surface area (Å²) in [6, 6.07) is 6.70. The van der Waals surface area contributed by atoms with E-state index in [-0.39, 0.29) is 13.2 Å². The third-order valence-electron chi connectivity index (χ3n) is 1.40. The van der Waals surface area contributed by atoms with Crippen molar-refractivity contribution in [2.45, 2.75) is 0 Å². The van der Waals surface area contributed by atoms with Gasteiger partial charge in [-0.1, -0.05) is 17.7 Å². The number of halogens is 1. The molecule has 0 saturated carbocycles. The number of amides is 1. The second-order valence-corrected chi connectivity index (χ2v) is 2.93. The minimum atomic E-state index is -0.610. The third-order valence-corrected chi connectivity index (χ3v) is 1.63. The first-order chi connectivity index (χ1) is 6.72. The van der Waals surface area contributed by atoms with E-state index >= 15 is 0 Å². The molecule has 0 aromatic heterocycles. The van der Waals surface area contributed by atoms with Crippen LogP contribution in [0, 0.1) is 0 Å². The molecule has 2 N–H and O–H groups in total. The quantitative estimate of drug-likeness (QED) is 0.810. The summed E-state index contributed by atoms with van der Waals surface area (Å²) in [5.74, 6) is 0. The van der Waals surface area contributed by atoms with Crippen LogP contribution < -0.4 is 5.32 Å². The van der Waals surface area contributed by atoms with Crippen LogP contribution in [-0.4, -0.2) is 24.4 Å². The Hall–Kier alpha value is -1.26. The van der Waals surface area contributed by atoms with Crippen molar-refractivity contribution in [2.75, 3.05) is 18.5 Å². The maximum absolute atomic E-state index is 11.0. The summed E-state index contributed by atoms with van der Waals surface area (Å²) in [6.07, 6.45) is -0.610. The van der Waals surface area contributed by atoms with E-state index in [1.807, 2.05) is 0 Å². The first kappa shape index (κ1) is 10.8. The summed E-state index contributed by atoms with van der Waals surface area (Å²) >= 11 is 5.70. The normalized spacial score (nSPS) is 9.57. The van der Waals surface area contributed by atoms with Crippen LogP contribution in [0.5, 0.6) is 0 Å². The predicted octanol–water partition coefficient (Wildman–Crippen LogP) is 1.88. The van der Waals surface area contributed by atoms with Gasteiger partial charge in [-0.25, -0.2) is 4.79 Å². The lowest BCUT2D eigenvalue weighted by Gasteiger charge is -2.05. The highest BCUT2D eigenvalue weighted by atomic mass is 35.5. The number of aliphatic hydroxyl groups is 1. The molecule has 1 amide bonds. The van der Waals surface area contributed by atoms with Crippen LogP contribution >= 0.6 is 11.6 Å². The Kier molecular flexibility index (Phi) is 4.22. The lowest BCUT2D eigenvalue weighted by Crippen LogP contribution is -2.15. The molecule has 0 unspecified atom stereocenters. The average Bonchev–Trinajstić information content (AvgIpc) is 2.15. The first-order valence-electron chi connectivity index (χ1n) is 4.02. The molecule has 1 rings (SSSR count). The molecule has 0 aliphatic heterocycles. The Balaban J connectivity index is 2.47. The van der Waals surface area contributed by atoms with Gasteiger partial charge in [0, 0.05) is 10.7 Å². The fraction of sp³-hybridized carbons (Fsp3) is 0.222. The molecule has 1 aromatic carbocycles. The van der Waals surface area contributed by atoms with Crippen LogP contribution in [0.4, 0.5) is 10.5 Å². The van der Waals surface area contributed by atoms with Crippen LogP contribution in [0.15, 0.2) is 24.3 Å². The van der Waals surface area contributed by atoms with Crippen molar-refractivity contribution in [2.24, 2.45) is 0 Å². The van der Waals surface area contributed by atoms with Gasteiger partial charge in [0.1, 0.15) is 6.61 Å². The zero-order valence-corrected chi connectivity index (χ0v) is 8.12. The van der Waals surface area contributed by atoms with Crippen molar-refractivity contribution in [1.29, 1.82) is 0 Å². The van der Waals surface area contributed by atoms with Crippen LogP contribution in [0.2, 0.25) is 5.02 Å². The van der Waals surface area contributed by atoms with E-state index in [2.05, 4.69) is 10.1 Å². The summed E-state index contributed by atoms with van der Waals surface area (Å²) in [5.41, 5.74) is 0.556. The van der Waals surface area contributed by atoms with Crippen molar-refractivity contribution in [3.63, 3.8) is 0 Å². The Morgan fingerprint density at radius 3 is 3.00 bits per heavy atom. The fourth-order valence-corrected chi connectivity index (χ4v) is 1.05. The van der Waals surface area contributed by atoms with Crippen LogP contribution in [-0.2, 0) is 4.74 Å². The van der Waals surface area contributed by atoms with E-state index in [0.29, 0.717) is 10.7 Å². The molecule has 0 aliphatic carbocycles. The minimum Gasteiger partial charge on any atom is -0.447 e. The van der Waals surface area contributed by atoms with Crippen molar-refractivity contribution in [1.82, 2.24) is 0 Å². The van der Waals surface area contributed by atoms with Crippen LogP contribution in [0.25, 0.3) is 0 Å². The summed E-state index contributed by atoms with van der Waals surface area (Å²) in [6.45, 7) is -0.213. The second-order valence-electron chi connectivity index (χ2n) is 2.49. The van der Waals surface area contributed by atoms with E-state index in [1.165, 1.54) is 0 Å². The molecular weight excluding hydrogens is 206 g/mol. The zero-order valence-electron chi connectivity index (χ0n) is 7.37. The SMILES string of the molecule is O=C(Nc1cccc(Cl)c1)OCCO. The standard InChI is InChI=1S/C9H10ClNO3/c10-7-2-1-3-8(6-7)11-9(13)14-5-4-12/h1-3,6,12H,4-5H2,(H,11,13). The van der Waals surface area contributed by atoms with Gasteiger partial charge >= 0.3 is 6.09 Å². The van der Waals surface area contributed by atoms with Crippen molar-refractivity contribution in [3.8, 4) is 0 Å². The molecule has 0 aliphatic rings. The van der Waals surface area contributed by atoms with Gasteiger partial charge in [-0.15, -0.1) is 0 Å². The molecule has 0 atom stereocenters. The molecule has 1 aromatic rings. The van der Waals surface area contributed by atoms with E-state index in [0.717, 1.165) is 0 Å². The monoisotopic (exact) mass is 215 g/mol. The number of rotatable bonds is 3. The molecule has 0 saturated heterocycles. The summed E-state index contributed by atoms with van der Waals surface area (Å²) in [4.78, 5) is 11.0. The van der Waals surface area contributed by atoms with Crippen LogP contribution in [0.3, 0.4) is 0 Å². The predicted molar refractivity (Wildman–Crippen MR) is 53.5 cm³/mol. The van der Waals surface area contributed by atoms with Gasteiger partial charge in [-0.2, -0.15) is 0 Å². The van der Waals surface area contributed by atoms with Crippen LogP contribution in [0.1, 0.15) is 0 Å². The molecule has 76 valence electrons. The number of hydrogen-bond acceptors (Lipinski definition) is 3. The molecule has 0 radical (unpaired) electrons. The number of benzene rings is 1. The lowest BCUT2D eigenvalue weighted by atomic mass is 10.3. The molecule has 0 spiro atoms. The highest BCUT2D eigenvalue weighted by Crippen LogP contribution is 2.14. The Bertz CT molecular complexity index is 317. The number of hydrogen-bond donors (Lipinski definition) is 2. The maximum Gasteiger partial charge on any atom is 0.411 e. The summed E-state index contributed by atoms with van der Waals surface area (Å²) in [5, 5.41) is 11.4. The zero-order chi connectivity index (χ0) is 10.4. The number of carbonyl (C=O) groups is 1. The second kappa shape index (κ2) is 5.47. The van der Waals surface area contributed by atoms with E-state index in [1.54, 1.807) is 24.3 Å². The molecule has 0 heterocycles. The molecule has 5 heteroatoms. The Labute approximate surface area is 86.4 Å². The van der Waals surface area contributed by atoms with Gasteiger partial charge in [0.15, 0.2) is 0 Å². The van der Waals surface area contributed by atoms with E-state index < -0.39 is 6.09 Å². The van der Waals surface area contributed by atoms with E-state index in [9.17, 15) is 4.79 Å². The number of ether oxygens (including phenoxy) is 1. The third kappa shape index (κ3) is 3.64. The van der Waals surface area contributed by atoms with Gasteiger partial charge in [0.05, 0.1) is 6.61 Å². The highest BCUT2D eigenvalue weighted by Gasteiger charge is 2.01.